The number of rotatable bonds is 9. The summed E-state index contributed by atoms with van der Waals surface area (Å²) in [6, 6.07) is 15.3. The maximum Gasteiger partial charge on any atom is 0.246 e. The molecular formula is C29H37FN4O. The Kier molecular flexibility index (Phi) is 8.37. The van der Waals surface area contributed by atoms with Crippen molar-refractivity contribution >= 4 is 22.9 Å². The first kappa shape index (κ1) is 25.1. The quantitative estimate of drug-likeness (QED) is 0.428. The summed E-state index contributed by atoms with van der Waals surface area (Å²) >= 11 is 0. The number of hydrogen-bond acceptors (Lipinski definition) is 3. The Balaban J connectivity index is 1.36. The lowest BCUT2D eigenvalue weighted by Gasteiger charge is -2.34. The van der Waals surface area contributed by atoms with Crippen LogP contribution in [-0.2, 0) is 17.8 Å². The molecule has 0 N–H and O–H groups in total. The third-order valence-corrected chi connectivity index (χ3v) is 6.95. The summed E-state index contributed by atoms with van der Waals surface area (Å²) in [5.41, 5.74) is 4.58. The molecule has 1 aliphatic heterocycles. The minimum absolute atomic E-state index is 0.0682. The van der Waals surface area contributed by atoms with Gasteiger partial charge in [0.2, 0.25) is 5.91 Å². The van der Waals surface area contributed by atoms with Gasteiger partial charge in [0.1, 0.15) is 5.82 Å². The molecule has 6 heteroatoms. The Labute approximate surface area is 208 Å². The maximum atomic E-state index is 13.4. The van der Waals surface area contributed by atoms with Crippen LogP contribution in [0.5, 0.6) is 0 Å². The molecule has 0 spiro atoms. The van der Waals surface area contributed by atoms with Crippen LogP contribution in [0.4, 0.5) is 4.39 Å². The van der Waals surface area contributed by atoms with E-state index in [9.17, 15) is 9.18 Å². The molecule has 0 unspecified atom stereocenters. The first-order valence-corrected chi connectivity index (χ1v) is 12.6. The number of nitrogens with zero attached hydrogens (tertiary/aromatic N) is 4. The average molecular weight is 477 g/mol. The zero-order valence-electron chi connectivity index (χ0n) is 21.2. The van der Waals surface area contributed by atoms with E-state index in [0.717, 1.165) is 69.8 Å². The van der Waals surface area contributed by atoms with Gasteiger partial charge in [-0.1, -0.05) is 30.3 Å². The van der Waals surface area contributed by atoms with Crippen molar-refractivity contribution in [2.75, 3.05) is 53.4 Å². The Morgan fingerprint density at radius 3 is 2.54 bits per heavy atom. The Morgan fingerprint density at radius 1 is 1.03 bits per heavy atom. The van der Waals surface area contributed by atoms with Crippen LogP contribution in [0.3, 0.4) is 0 Å². The van der Waals surface area contributed by atoms with Gasteiger partial charge in [-0.2, -0.15) is 0 Å². The number of halogens is 1. The summed E-state index contributed by atoms with van der Waals surface area (Å²) in [5.74, 6) is -0.116. The van der Waals surface area contributed by atoms with E-state index in [1.807, 2.05) is 17.0 Å². The number of piperazine rings is 1. The summed E-state index contributed by atoms with van der Waals surface area (Å²) in [4.78, 5) is 19.5. The molecule has 1 fully saturated rings. The molecular weight excluding hydrogens is 439 g/mol. The summed E-state index contributed by atoms with van der Waals surface area (Å²) in [7, 11) is 4.20. The number of amides is 1. The Hall–Kier alpha value is -2.96. The van der Waals surface area contributed by atoms with Gasteiger partial charge in [0.05, 0.1) is 0 Å². The molecule has 3 aromatic rings. The van der Waals surface area contributed by atoms with Crippen LogP contribution < -0.4 is 0 Å². The van der Waals surface area contributed by atoms with Crippen LogP contribution in [0.25, 0.3) is 17.0 Å². The van der Waals surface area contributed by atoms with E-state index in [2.05, 4.69) is 59.7 Å². The third-order valence-electron chi connectivity index (χ3n) is 6.95. The minimum Gasteiger partial charge on any atom is -0.344 e. The van der Waals surface area contributed by atoms with Crippen LogP contribution in [0.1, 0.15) is 23.2 Å². The first-order chi connectivity index (χ1) is 16.9. The van der Waals surface area contributed by atoms with Gasteiger partial charge in [-0.25, -0.2) is 4.39 Å². The lowest BCUT2D eigenvalue weighted by molar-refractivity contribution is -0.127. The highest BCUT2D eigenvalue weighted by Crippen LogP contribution is 2.27. The summed E-state index contributed by atoms with van der Waals surface area (Å²) in [6.45, 7) is 8.17. The van der Waals surface area contributed by atoms with Crippen LogP contribution in [-0.4, -0.2) is 78.5 Å². The van der Waals surface area contributed by atoms with Crippen molar-refractivity contribution in [2.45, 2.75) is 26.3 Å². The van der Waals surface area contributed by atoms with E-state index in [1.165, 1.54) is 22.7 Å². The van der Waals surface area contributed by atoms with Crippen molar-refractivity contribution in [2.24, 2.45) is 0 Å². The number of hydrogen-bond donors (Lipinski definition) is 0. The zero-order valence-corrected chi connectivity index (χ0v) is 21.2. The first-order valence-electron chi connectivity index (χ1n) is 12.6. The van der Waals surface area contributed by atoms with Crippen molar-refractivity contribution in [1.82, 2.24) is 19.3 Å². The van der Waals surface area contributed by atoms with E-state index in [4.69, 9.17) is 0 Å². The molecule has 1 amide bonds. The van der Waals surface area contributed by atoms with E-state index in [1.54, 1.807) is 18.2 Å². The molecule has 0 aliphatic carbocycles. The molecule has 4 rings (SSSR count). The number of aryl methyl sites for hydroxylation is 1. The second kappa shape index (κ2) is 11.6. The van der Waals surface area contributed by atoms with Crippen molar-refractivity contribution < 1.29 is 9.18 Å². The van der Waals surface area contributed by atoms with Crippen molar-refractivity contribution in [1.29, 1.82) is 0 Å². The van der Waals surface area contributed by atoms with Gasteiger partial charge in [-0.3, -0.25) is 9.69 Å². The molecule has 1 saturated heterocycles. The van der Waals surface area contributed by atoms with E-state index in [-0.39, 0.29) is 11.7 Å². The number of carbonyl (C=O) groups is 1. The van der Waals surface area contributed by atoms with E-state index < -0.39 is 0 Å². The fraction of sp³-hybridized carbons (Fsp3) is 0.414. The predicted molar refractivity (Wildman–Crippen MR) is 142 cm³/mol. The fourth-order valence-electron chi connectivity index (χ4n) is 4.93. The SMILES string of the molecule is Cc1c(C=CC(=O)N2CCN(CCc3cccc(F)c3)CC2)c2ccccc2n1CCCN(C)C. The Bertz CT molecular complexity index is 1170. The summed E-state index contributed by atoms with van der Waals surface area (Å²) in [5, 5.41) is 1.20. The van der Waals surface area contributed by atoms with E-state index in [0.29, 0.717) is 0 Å². The lowest BCUT2D eigenvalue weighted by Crippen LogP contribution is -2.48. The molecule has 0 atom stereocenters. The molecule has 1 aliphatic rings. The Morgan fingerprint density at radius 2 is 1.80 bits per heavy atom. The third kappa shape index (κ3) is 6.38. The van der Waals surface area contributed by atoms with Gasteiger partial charge in [-0.15, -0.1) is 0 Å². The molecule has 2 heterocycles. The lowest BCUT2D eigenvalue weighted by atomic mass is 10.1. The van der Waals surface area contributed by atoms with E-state index >= 15 is 0 Å². The molecule has 35 heavy (non-hydrogen) atoms. The van der Waals surface area contributed by atoms with Crippen molar-refractivity contribution in [3.05, 3.63) is 77.2 Å². The number of benzene rings is 2. The molecule has 186 valence electrons. The van der Waals surface area contributed by atoms with Crippen molar-refractivity contribution in [3.63, 3.8) is 0 Å². The fourth-order valence-corrected chi connectivity index (χ4v) is 4.93. The van der Waals surface area contributed by atoms with Gasteiger partial charge in [0.15, 0.2) is 0 Å². The molecule has 2 aromatic carbocycles. The highest BCUT2D eigenvalue weighted by atomic mass is 19.1. The van der Waals surface area contributed by atoms with Gasteiger partial charge >= 0.3 is 0 Å². The van der Waals surface area contributed by atoms with Crippen LogP contribution in [0.2, 0.25) is 0 Å². The monoisotopic (exact) mass is 476 g/mol. The summed E-state index contributed by atoms with van der Waals surface area (Å²) in [6.07, 6.45) is 5.64. The van der Waals surface area contributed by atoms with Gasteiger partial charge < -0.3 is 14.4 Å². The zero-order chi connectivity index (χ0) is 24.8. The second-order valence-corrected chi connectivity index (χ2v) is 9.70. The normalized spacial score (nSPS) is 15.1. The van der Waals surface area contributed by atoms with Crippen LogP contribution in [0.15, 0.2) is 54.6 Å². The van der Waals surface area contributed by atoms with Crippen LogP contribution in [0, 0.1) is 12.7 Å². The van der Waals surface area contributed by atoms with Gasteiger partial charge in [-0.05, 0) is 70.2 Å². The average Bonchev–Trinajstić information content (AvgIpc) is 3.12. The highest BCUT2D eigenvalue weighted by molar-refractivity contribution is 5.97. The molecule has 0 saturated carbocycles. The number of fused-ring (bicyclic) bond motifs is 1. The van der Waals surface area contributed by atoms with Gasteiger partial charge in [0, 0.05) is 67.5 Å². The molecule has 0 radical (unpaired) electrons. The largest absolute Gasteiger partial charge is 0.344 e. The molecule has 0 bridgehead atoms. The number of aromatic nitrogens is 1. The minimum atomic E-state index is -0.184. The standard InChI is InChI=1S/C29H37FN4O/c1-23-26(27-10-4-5-11-28(27)34(23)16-7-15-31(2)3)12-13-29(35)33-20-18-32(19-21-33)17-14-24-8-6-9-25(30)22-24/h4-6,8-13,22H,7,14-21H2,1-3H3. The maximum absolute atomic E-state index is 13.4. The highest BCUT2D eigenvalue weighted by Gasteiger charge is 2.20. The second-order valence-electron chi connectivity index (χ2n) is 9.70. The van der Waals surface area contributed by atoms with Crippen LogP contribution >= 0.6 is 0 Å². The smallest absolute Gasteiger partial charge is 0.246 e. The topological polar surface area (TPSA) is 31.7 Å². The summed E-state index contributed by atoms with van der Waals surface area (Å²) < 4.78 is 15.8. The molecule has 1 aromatic heterocycles. The predicted octanol–water partition coefficient (Wildman–Crippen LogP) is 4.44. The number of carbonyl (C=O) groups excluding carboxylic acids is 1. The van der Waals surface area contributed by atoms with Crippen molar-refractivity contribution in [3.8, 4) is 0 Å². The van der Waals surface area contributed by atoms with Gasteiger partial charge in [0.25, 0.3) is 0 Å². The number of para-hydroxylation sites is 1. The molecule has 5 nitrogen and oxygen atoms in total.